The summed E-state index contributed by atoms with van der Waals surface area (Å²) in [7, 11) is 3.52. The second-order valence-corrected chi connectivity index (χ2v) is 5.17. The molecular formula is C17H28O2. The van der Waals surface area contributed by atoms with Crippen LogP contribution in [0.3, 0.4) is 0 Å². The number of hydrogen-bond acceptors (Lipinski definition) is 2. The molecule has 0 spiro atoms. The van der Waals surface area contributed by atoms with Gasteiger partial charge in [-0.3, -0.25) is 0 Å². The van der Waals surface area contributed by atoms with Gasteiger partial charge in [-0.15, -0.1) is 0 Å². The first-order valence-electron chi connectivity index (χ1n) is 7.35. The highest BCUT2D eigenvalue weighted by atomic mass is 16.5. The van der Waals surface area contributed by atoms with Crippen molar-refractivity contribution < 1.29 is 9.47 Å². The van der Waals surface area contributed by atoms with Gasteiger partial charge in [-0.25, -0.2) is 0 Å². The molecule has 0 saturated heterocycles. The molecule has 2 nitrogen and oxygen atoms in total. The standard InChI is InChI=1S/C8H10.C5H10O.C4H8O/c1-2-8-6-4-3-5-7-8;1-6-4-5-2-3-5;1-5-4-2-3-4/h3-7H,2H2,1H3;5H,2-4H2,1H3;4H,2-3H2,1H3. The summed E-state index contributed by atoms with van der Waals surface area (Å²) in [4.78, 5) is 0. The van der Waals surface area contributed by atoms with Crippen molar-refractivity contribution >= 4 is 0 Å². The Hall–Kier alpha value is -0.860. The molecule has 0 bridgehead atoms. The smallest absolute Gasteiger partial charge is 0.0573 e. The van der Waals surface area contributed by atoms with Crippen LogP contribution in [0.5, 0.6) is 0 Å². The van der Waals surface area contributed by atoms with Crippen molar-refractivity contribution in [1.82, 2.24) is 0 Å². The Morgan fingerprint density at radius 3 is 1.84 bits per heavy atom. The molecule has 0 unspecified atom stereocenters. The third kappa shape index (κ3) is 9.69. The second-order valence-electron chi connectivity index (χ2n) is 5.17. The first kappa shape index (κ1) is 16.2. The number of ether oxygens (including phenoxy) is 2. The van der Waals surface area contributed by atoms with E-state index in [0.717, 1.165) is 18.9 Å². The van der Waals surface area contributed by atoms with Crippen molar-refractivity contribution in [1.29, 1.82) is 0 Å². The largest absolute Gasteiger partial charge is 0.384 e. The summed E-state index contributed by atoms with van der Waals surface area (Å²) in [6.07, 6.45) is 7.14. The van der Waals surface area contributed by atoms with Gasteiger partial charge in [0.15, 0.2) is 0 Å². The van der Waals surface area contributed by atoms with Crippen LogP contribution in [-0.4, -0.2) is 26.9 Å². The Balaban J connectivity index is 0.000000147. The first-order valence-corrected chi connectivity index (χ1v) is 7.35. The van der Waals surface area contributed by atoms with Crippen LogP contribution in [0.1, 0.15) is 38.2 Å². The lowest BCUT2D eigenvalue weighted by Crippen LogP contribution is -1.87. The van der Waals surface area contributed by atoms with Crippen LogP contribution in [0.2, 0.25) is 0 Å². The van der Waals surface area contributed by atoms with E-state index < -0.39 is 0 Å². The molecule has 1 aromatic carbocycles. The molecule has 0 amide bonds. The van der Waals surface area contributed by atoms with Gasteiger partial charge in [0.25, 0.3) is 0 Å². The van der Waals surface area contributed by atoms with Crippen LogP contribution in [-0.2, 0) is 15.9 Å². The van der Waals surface area contributed by atoms with E-state index in [4.69, 9.17) is 9.47 Å². The van der Waals surface area contributed by atoms with Crippen molar-refractivity contribution in [3.63, 3.8) is 0 Å². The van der Waals surface area contributed by atoms with Crippen molar-refractivity contribution in [3.05, 3.63) is 35.9 Å². The van der Waals surface area contributed by atoms with Gasteiger partial charge < -0.3 is 9.47 Å². The van der Waals surface area contributed by atoms with Crippen LogP contribution in [0, 0.1) is 5.92 Å². The predicted molar refractivity (Wildman–Crippen MR) is 80.5 cm³/mol. The van der Waals surface area contributed by atoms with Crippen LogP contribution in [0.15, 0.2) is 30.3 Å². The van der Waals surface area contributed by atoms with E-state index >= 15 is 0 Å². The van der Waals surface area contributed by atoms with Gasteiger partial charge in [0.2, 0.25) is 0 Å². The maximum absolute atomic E-state index is 4.87. The van der Waals surface area contributed by atoms with Gasteiger partial charge in [0.05, 0.1) is 6.10 Å². The summed E-state index contributed by atoms with van der Waals surface area (Å²) in [5, 5.41) is 0. The SMILES string of the molecule is CCc1ccccc1.COC1CC1.COCC1CC1. The van der Waals surface area contributed by atoms with E-state index in [1.54, 1.807) is 14.2 Å². The molecule has 2 aliphatic rings. The van der Waals surface area contributed by atoms with Crippen LogP contribution >= 0.6 is 0 Å². The normalized spacial score (nSPS) is 16.8. The second kappa shape index (κ2) is 9.99. The molecule has 0 radical (unpaired) electrons. The Labute approximate surface area is 118 Å². The number of aryl methyl sites for hydroxylation is 1. The molecule has 2 saturated carbocycles. The molecule has 2 heteroatoms. The lowest BCUT2D eigenvalue weighted by molar-refractivity contribution is 0.183. The molecule has 19 heavy (non-hydrogen) atoms. The molecule has 2 fully saturated rings. The molecular weight excluding hydrogens is 236 g/mol. The summed E-state index contributed by atoms with van der Waals surface area (Å²) < 4.78 is 9.73. The Kier molecular flexibility index (Phi) is 8.52. The minimum Gasteiger partial charge on any atom is -0.384 e. The molecule has 0 atom stereocenters. The van der Waals surface area contributed by atoms with Gasteiger partial charge in [0.1, 0.15) is 0 Å². The van der Waals surface area contributed by atoms with Gasteiger partial charge >= 0.3 is 0 Å². The summed E-state index contributed by atoms with van der Waals surface area (Å²) in [6, 6.07) is 10.5. The fraction of sp³-hybridized carbons (Fsp3) is 0.647. The first-order chi connectivity index (χ1) is 9.30. The van der Waals surface area contributed by atoms with E-state index in [2.05, 4.69) is 31.2 Å². The molecule has 2 aliphatic carbocycles. The molecule has 0 aromatic heterocycles. The maximum Gasteiger partial charge on any atom is 0.0573 e. The van der Waals surface area contributed by atoms with E-state index in [1.807, 2.05) is 6.07 Å². The molecule has 0 N–H and O–H groups in total. The molecule has 3 rings (SSSR count). The fourth-order valence-electron chi connectivity index (χ4n) is 1.54. The number of hydrogen-bond donors (Lipinski definition) is 0. The number of rotatable bonds is 4. The third-order valence-electron chi connectivity index (χ3n) is 3.21. The van der Waals surface area contributed by atoms with Crippen LogP contribution in [0.4, 0.5) is 0 Å². The van der Waals surface area contributed by atoms with E-state index in [9.17, 15) is 0 Å². The summed E-state index contributed by atoms with van der Waals surface area (Å²) in [5.41, 5.74) is 1.41. The van der Waals surface area contributed by atoms with Crippen molar-refractivity contribution in [2.24, 2.45) is 5.92 Å². The highest BCUT2D eigenvalue weighted by Gasteiger charge is 2.20. The van der Waals surface area contributed by atoms with Gasteiger partial charge in [0, 0.05) is 20.8 Å². The lowest BCUT2D eigenvalue weighted by Gasteiger charge is -1.89. The van der Waals surface area contributed by atoms with Crippen molar-refractivity contribution in [3.8, 4) is 0 Å². The van der Waals surface area contributed by atoms with Crippen molar-refractivity contribution in [2.45, 2.75) is 45.1 Å². The van der Waals surface area contributed by atoms with E-state index in [0.29, 0.717) is 6.10 Å². The summed E-state index contributed by atoms with van der Waals surface area (Å²) in [5.74, 6) is 0.926. The summed E-state index contributed by atoms with van der Waals surface area (Å²) in [6.45, 7) is 3.15. The highest BCUT2D eigenvalue weighted by Crippen LogP contribution is 2.28. The lowest BCUT2D eigenvalue weighted by atomic mass is 10.2. The Morgan fingerprint density at radius 1 is 1.00 bits per heavy atom. The molecule has 0 aliphatic heterocycles. The summed E-state index contributed by atoms with van der Waals surface area (Å²) >= 11 is 0. The topological polar surface area (TPSA) is 18.5 Å². The van der Waals surface area contributed by atoms with Gasteiger partial charge in [-0.05, 0) is 43.6 Å². The maximum atomic E-state index is 4.87. The zero-order valence-electron chi connectivity index (χ0n) is 12.6. The zero-order valence-corrected chi connectivity index (χ0v) is 12.6. The average molecular weight is 264 g/mol. The highest BCUT2D eigenvalue weighted by molar-refractivity contribution is 5.13. The third-order valence-corrected chi connectivity index (χ3v) is 3.21. The van der Waals surface area contributed by atoms with Crippen LogP contribution < -0.4 is 0 Å². The van der Waals surface area contributed by atoms with Crippen LogP contribution in [0.25, 0.3) is 0 Å². The number of methoxy groups -OCH3 is 2. The molecule has 1 aromatic rings. The monoisotopic (exact) mass is 264 g/mol. The minimum absolute atomic E-state index is 0.634. The van der Waals surface area contributed by atoms with Gasteiger partial charge in [-0.1, -0.05) is 37.3 Å². The van der Waals surface area contributed by atoms with Crippen molar-refractivity contribution in [2.75, 3.05) is 20.8 Å². The fourth-order valence-corrected chi connectivity index (χ4v) is 1.54. The van der Waals surface area contributed by atoms with E-state index in [1.165, 1.54) is 31.2 Å². The quantitative estimate of drug-likeness (QED) is 0.815. The predicted octanol–water partition coefficient (Wildman–Crippen LogP) is 4.09. The van der Waals surface area contributed by atoms with Gasteiger partial charge in [-0.2, -0.15) is 0 Å². The van der Waals surface area contributed by atoms with E-state index in [-0.39, 0.29) is 0 Å². The zero-order chi connectivity index (χ0) is 13.9. The average Bonchev–Trinajstić information content (AvgIpc) is 3.35. The molecule has 0 heterocycles. The molecule has 108 valence electrons. The number of benzene rings is 1. The Morgan fingerprint density at radius 2 is 1.63 bits per heavy atom. The Bertz CT molecular complexity index is 302. The minimum atomic E-state index is 0.634.